The van der Waals surface area contributed by atoms with Crippen molar-refractivity contribution in [2.24, 2.45) is 5.92 Å². The SMILES string of the molecule is COc1cc(N2CCC(N3CCN(C(=O)C4CN(c5ccc(C(=O)NC6CCC(=O)NC6=O)cc5)C4)CC3)CC2)ccc1Nc1ncc(Cl)c(Nc2ccccc2P(C)C)n1. The van der Waals surface area contributed by atoms with Gasteiger partial charge in [0.15, 0.2) is 5.82 Å². The van der Waals surface area contributed by atoms with E-state index in [1.807, 2.05) is 41.3 Å². The molecule has 1 aromatic heterocycles. The summed E-state index contributed by atoms with van der Waals surface area (Å²) in [5.41, 5.74) is 4.22. The summed E-state index contributed by atoms with van der Waals surface area (Å²) < 4.78 is 5.82. The van der Waals surface area contributed by atoms with Crippen LogP contribution >= 0.6 is 19.5 Å². The van der Waals surface area contributed by atoms with Crippen molar-refractivity contribution in [2.75, 3.05) is 93.2 Å². The minimum absolute atomic E-state index is 0.0459. The summed E-state index contributed by atoms with van der Waals surface area (Å²) in [5.74, 6) is 0.639. The van der Waals surface area contributed by atoms with E-state index < -0.39 is 11.9 Å². The number of rotatable bonds is 12. The molecule has 0 aliphatic carbocycles. The van der Waals surface area contributed by atoms with Crippen molar-refractivity contribution in [3.8, 4) is 5.75 Å². The molecule has 5 heterocycles. The number of halogens is 1. The normalized spacial score (nSPS) is 19.0. The maximum atomic E-state index is 13.5. The number of methoxy groups -OCH3 is 1. The van der Waals surface area contributed by atoms with E-state index in [2.05, 4.69) is 72.5 Å². The van der Waals surface area contributed by atoms with Crippen LogP contribution in [0.15, 0.2) is 72.9 Å². The summed E-state index contributed by atoms with van der Waals surface area (Å²) in [6.45, 7) is 10.8. The molecule has 1 unspecified atom stereocenters. The molecule has 15 nitrogen and oxygen atoms in total. The Morgan fingerprint density at radius 1 is 0.852 bits per heavy atom. The lowest BCUT2D eigenvalue weighted by Gasteiger charge is -2.46. The van der Waals surface area contributed by atoms with Crippen molar-refractivity contribution in [1.29, 1.82) is 0 Å². The molecule has 3 aromatic carbocycles. The topological polar surface area (TPSA) is 164 Å². The molecule has 320 valence electrons. The molecule has 0 spiro atoms. The number of carbonyl (C=O) groups excluding carboxylic acids is 4. The Kier molecular flexibility index (Phi) is 12.9. The van der Waals surface area contributed by atoms with Crippen LogP contribution in [0.4, 0.5) is 34.5 Å². The second kappa shape index (κ2) is 18.6. The fraction of sp³-hybridized carbons (Fsp3) is 0.409. The minimum Gasteiger partial charge on any atom is -0.494 e. The van der Waals surface area contributed by atoms with Crippen LogP contribution in [-0.4, -0.2) is 128 Å². The number of piperidine rings is 2. The second-order valence-electron chi connectivity index (χ2n) is 16.1. The zero-order chi connectivity index (χ0) is 42.6. The summed E-state index contributed by atoms with van der Waals surface area (Å²) in [6, 6.07) is 21.3. The summed E-state index contributed by atoms with van der Waals surface area (Å²) >= 11 is 6.52. The van der Waals surface area contributed by atoms with Gasteiger partial charge in [-0.1, -0.05) is 37.7 Å². The van der Waals surface area contributed by atoms with E-state index in [0.29, 0.717) is 47.2 Å². The third-order valence-corrected chi connectivity index (χ3v) is 13.7. The molecule has 1 atom stereocenters. The molecule has 4 saturated heterocycles. The number of benzene rings is 3. The van der Waals surface area contributed by atoms with Crippen LogP contribution in [0.1, 0.15) is 36.0 Å². The number of aromatic nitrogens is 2. The van der Waals surface area contributed by atoms with E-state index in [-0.39, 0.29) is 44.4 Å². The Bertz CT molecular complexity index is 2260. The van der Waals surface area contributed by atoms with Crippen molar-refractivity contribution in [1.82, 2.24) is 30.4 Å². The third kappa shape index (κ3) is 9.69. The first-order valence-corrected chi connectivity index (χ1v) is 23.4. The van der Waals surface area contributed by atoms with Gasteiger partial charge in [0.1, 0.15) is 16.8 Å². The summed E-state index contributed by atoms with van der Waals surface area (Å²) in [4.78, 5) is 67.9. The first-order chi connectivity index (χ1) is 29.5. The number of hydrogen-bond donors (Lipinski definition) is 4. The average Bonchev–Trinajstić information content (AvgIpc) is 3.26. The van der Waals surface area contributed by atoms with Crippen LogP contribution in [-0.2, 0) is 14.4 Å². The Morgan fingerprint density at radius 2 is 1.57 bits per heavy atom. The highest BCUT2D eigenvalue weighted by molar-refractivity contribution is 7.64. The van der Waals surface area contributed by atoms with Gasteiger partial charge in [0, 0.05) is 93.5 Å². The van der Waals surface area contributed by atoms with E-state index in [4.69, 9.17) is 21.3 Å². The predicted molar refractivity (Wildman–Crippen MR) is 241 cm³/mol. The summed E-state index contributed by atoms with van der Waals surface area (Å²) in [5, 5.41) is 13.4. The number of nitrogens with zero attached hydrogens (tertiary/aromatic N) is 6. The van der Waals surface area contributed by atoms with Gasteiger partial charge < -0.3 is 35.4 Å². The molecular weight excluding hydrogens is 815 g/mol. The number of piperazine rings is 1. The lowest BCUT2D eigenvalue weighted by molar-refractivity contribution is -0.138. The number of amides is 4. The van der Waals surface area contributed by atoms with Crippen molar-refractivity contribution >= 4 is 83.0 Å². The number of carbonyl (C=O) groups is 4. The van der Waals surface area contributed by atoms with E-state index >= 15 is 0 Å². The predicted octanol–water partition coefficient (Wildman–Crippen LogP) is 4.78. The number of ether oxygens (including phenoxy) is 1. The molecular formula is C44H52ClN10O5P. The largest absolute Gasteiger partial charge is 0.494 e. The highest BCUT2D eigenvalue weighted by atomic mass is 35.5. The zero-order valence-corrected chi connectivity index (χ0v) is 36.3. The summed E-state index contributed by atoms with van der Waals surface area (Å²) in [7, 11) is 1.34. The molecule has 4 aliphatic rings. The van der Waals surface area contributed by atoms with Crippen molar-refractivity contribution in [3.63, 3.8) is 0 Å². The van der Waals surface area contributed by atoms with Gasteiger partial charge in [-0.05, 0) is 80.4 Å². The standard InChI is InChI=1S/C44H52ClN10O5P/c1-60-37-24-32(12-13-34(37)49-44-46-25-33(45)40(51-44)47-35-6-4-5-7-38(35)61(2)3)52-18-16-31(17-19-52)53-20-22-54(23-21-53)43(59)29-26-55(27-29)30-10-8-28(9-11-30)41(57)48-36-14-15-39(56)50-42(36)58/h4-13,24-25,29,31,36H,14-23,26-27H2,1-3H3,(H,48,57)(H,50,56,58)(H2,46,47,49,51). The van der Waals surface area contributed by atoms with Crippen molar-refractivity contribution in [3.05, 3.63) is 83.5 Å². The van der Waals surface area contributed by atoms with Crippen LogP contribution in [0.5, 0.6) is 5.75 Å². The van der Waals surface area contributed by atoms with Gasteiger partial charge in [-0.25, -0.2) is 4.98 Å². The van der Waals surface area contributed by atoms with Gasteiger partial charge in [-0.2, -0.15) is 4.98 Å². The van der Waals surface area contributed by atoms with Crippen LogP contribution in [0.3, 0.4) is 0 Å². The third-order valence-electron chi connectivity index (χ3n) is 12.1. The number of hydrogen-bond acceptors (Lipinski definition) is 12. The van der Waals surface area contributed by atoms with Crippen molar-refractivity contribution < 1.29 is 23.9 Å². The Balaban J connectivity index is 0.777. The number of anilines is 6. The number of para-hydroxylation sites is 1. The zero-order valence-electron chi connectivity index (χ0n) is 34.7. The highest BCUT2D eigenvalue weighted by Crippen LogP contribution is 2.35. The molecule has 8 rings (SSSR count). The first kappa shape index (κ1) is 42.2. The monoisotopic (exact) mass is 866 g/mol. The Hall–Kier alpha value is -5.50. The van der Waals surface area contributed by atoms with E-state index in [9.17, 15) is 19.2 Å². The minimum atomic E-state index is -0.720. The van der Waals surface area contributed by atoms with Gasteiger partial charge in [0.2, 0.25) is 23.7 Å². The van der Waals surface area contributed by atoms with Crippen LogP contribution < -0.4 is 41.1 Å². The average molecular weight is 867 g/mol. The van der Waals surface area contributed by atoms with Gasteiger partial charge in [0.25, 0.3) is 5.91 Å². The molecule has 4 fully saturated rings. The molecule has 61 heavy (non-hydrogen) atoms. The number of nitrogens with one attached hydrogen (secondary N) is 4. The lowest BCUT2D eigenvalue weighted by Crippen LogP contribution is -2.59. The van der Waals surface area contributed by atoms with Crippen LogP contribution in [0.2, 0.25) is 5.02 Å². The van der Waals surface area contributed by atoms with Gasteiger partial charge >= 0.3 is 0 Å². The van der Waals surface area contributed by atoms with Crippen molar-refractivity contribution in [2.45, 2.75) is 37.8 Å². The Labute approximate surface area is 362 Å². The highest BCUT2D eigenvalue weighted by Gasteiger charge is 2.38. The lowest BCUT2D eigenvalue weighted by atomic mass is 9.96. The molecule has 4 aromatic rings. The molecule has 4 aliphatic heterocycles. The Morgan fingerprint density at radius 3 is 2.28 bits per heavy atom. The van der Waals surface area contributed by atoms with E-state index in [1.165, 1.54) is 5.30 Å². The van der Waals surface area contributed by atoms with Gasteiger partial charge in [-0.3, -0.25) is 29.4 Å². The van der Waals surface area contributed by atoms with Crippen LogP contribution in [0, 0.1) is 5.92 Å². The molecule has 0 saturated carbocycles. The molecule has 4 N–H and O–H groups in total. The summed E-state index contributed by atoms with van der Waals surface area (Å²) in [6.07, 6.45) is 4.17. The maximum absolute atomic E-state index is 13.5. The molecule has 0 bridgehead atoms. The molecule has 0 radical (unpaired) electrons. The fourth-order valence-electron chi connectivity index (χ4n) is 8.51. The number of imide groups is 1. The maximum Gasteiger partial charge on any atom is 0.251 e. The van der Waals surface area contributed by atoms with Gasteiger partial charge in [0.05, 0.1) is 24.9 Å². The molecule has 17 heteroatoms. The van der Waals surface area contributed by atoms with E-state index in [1.54, 1.807) is 25.4 Å². The van der Waals surface area contributed by atoms with Gasteiger partial charge in [-0.15, -0.1) is 0 Å². The fourth-order valence-corrected chi connectivity index (χ4v) is 9.64. The smallest absolute Gasteiger partial charge is 0.251 e. The second-order valence-corrected chi connectivity index (χ2v) is 18.8. The first-order valence-electron chi connectivity index (χ1n) is 20.8. The van der Waals surface area contributed by atoms with Crippen LogP contribution in [0.25, 0.3) is 0 Å². The quantitative estimate of drug-likeness (QED) is 0.114. The molecule has 4 amide bonds. The van der Waals surface area contributed by atoms with E-state index in [0.717, 1.165) is 74.9 Å².